The summed E-state index contributed by atoms with van der Waals surface area (Å²) in [5.41, 5.74) is 0.108. The molecule has 1 aromatic carbocycles. The number of ether oxygens (including phenoxy) is 2. The first-order valence-corrected chi connectivity index (χ1v) is 5.83. The highest BCUT2D eigenvalue weighted by Crippen LogP contribution is 2.33. The monoisotopic (exact) mass is 282 g/mol. The molecule has 7 nitrogen and oxygen atoms in total. The number of hydrogen-bond donors (Lipinski definition) is 2. The number of anilines is 1. The largest absolute Gasteiger partial charge is 0.493 e. The molecular weight excluding hydrogens is 264 g/mol. The second kappa shape index (κ2) is 6.76. The molecule has 0 aliphatic carbocycles. The molecule has 0 saturated heterocycles. The number of rotatable bonds is 6. The molecule has 0 atom stereocenters. The summed E-state index contributed by atoms with van der Waals surface area (Å²) in [7, 11) is 6.33. The molecule has 20 heavy (non-hydrogen) atoms. The van der Waals surface area contributed by atoms with Crippen molar-refractivity contribution < 1.29 is 24.2 Å². The average Bonchev–Trinajstić information content (AvgIpc) is 2.36. The Labute approximate surface area is 117 Å². The molecule has 110 valence electrons. The number of nitrogens with one attached hydrogen (secondary N) is 1. The smallest absolute Gasteiger partial charge is 0.337 e. The van der Waals surface area contributed by atoms with Gasteiger partial charge in [0, 0.05) is 12.1 Å². The number of nitrogens with zero attached hydrogens (tertiary/aromatic N) is 1. The molecule has 0 saturated carbocycles. The number of carboxylic acid groups (broad SMARTS) is 1. The van der Waals surface area contributed by atoms with Crippen LogP contribution in [0, 0.1) is 0 Å². The predicted octanol–water partition coefficient (Wildman–Crippen LogP) is 0.902. The van der Waals surface area contributed by atoms with Crippen LogP contribution in [0.25, 0.3) is 0 Å². The number of carbonyl (C=O) groups is 2. The van der Waals surface area contributed by atoms with E-state index < -0.39 is 5.97 Å². The van der Waals surface area contributed by atoms with Crippen molar-refractivity contribution in [1.29, 1.82) is 0 Å². The van der Waals surface area contributed by atoms with E-state index in [2.05, 4.69) is 5.32 Å². The van der Waals surface area contributed by atoms with Gasteiger partial charge < -0.3 is 24.8 Å². The molecule has 0 bridgehead atoms. The fourth-order valence-electron chi connectivity index (χ4n) is 1.64. The van der Waals surface area contributed by atoms with Gasteiger partial charge >= 0.3 is 5.97 Å². The van der Waals surface area contributed by atoms with E-state index in [0.29, 0.717) is 5.75 Å². The summed E-state index contributed by atoms with van der Waals surface area (Å²) >= 11 is 0. The number of aromatic carboxylic acids is 1. The van der Waals surface area contributed by atoms with Crippen LogP contribution in [0.2, 0.25) is 0 Å². The topological polar surface area (TPSA) is 88.1 Å². The lowest BCUT2D eigenvalue weighted by Gasteiger charge is -2.15. The Morgan fingerprint density at radius 1 is 1.20 bits per heavy atom. The minimum atomic E-state index is -1.16. The molecular formula is C13H18N2O5. The van der Waals surface area contributed by atoms with E-state index in [9.17, 15) is 14.7 Å². The normalized spacial score (nSPS) is 10.2. The lowest BCUT2D eigenvalue weighted by atomic mass is 10.1. The first-order chi connectivity index (χ1) is 9.38. The standard InChI is InChI=1S/C13H18N2O5/c1-15(2)7-12(16)14-9-6-11(20-4)10(19-3)5-8(9)13(17)18/h5-6H,7H2,1-4H3,(H,14,16)(H,17,18). The Kier molecular flexibility index (Phi) is 5.33. The van der Waals surface area contributed by atoms with E-state index in [1.807, 2.05) is 0 Å². The van der Waals surface area contributed by atoms with Gasteiger partial charge in [-0.25, -0.2) is 4.79 Å². The summed E-state index contributed by atoms with van der Waals surface area (Å²) in [4.78, 5) is 24.6. The van der Waals surface area contributed by atoms with Crippen molar-refractivity contribution in [2.45, 2.75) is 0 Å². The lowest BCUT2D eigenvalue weighted by Crippen LogP contribution is -2.27. The fourth-order valence-corrected chi connectivity index (χ4v) is 1.64. The van der Waals surface area contributed by atoms with Gasteiger partial charge in [0.15, 0.2) is 11.5 Å². The van der Waals surface area contributed by atoms with Crippen molar-refractivity contribution in [2.24, 2.45) is 0 Å². The number of benzene rings is 1. The molecule has 0 unspecified atom stereocenters. The summed E-state index contributed by atoms with van der Waals surface area (Å²) in [6, 6.07) is 2.74. The zero-order valence-corrected chi connectivity index (χ0v) is 11.9. The maximum atomic E-state index is 11.7. The predicted molar refractivity (Wildman–Crippen MR) is 73.7 cm³/mol. The molecule has 7 heteroatoms. The van der Waals surface area contributed by atoms with E-state index in [0.717, 1.165) is 0 Å². The Balaban J connectivity index is 3.15. The van der Waals surface area contributed by atoms with Crippen molar-refractivity contribution in [1.82, 2.24) is 4.90 Å². The number of carbonyl (C=O) groups excluding carboxylic acids is 1. The highest BCUT2D eigenvalue weighted by atomic mass is 16.5. The number of likely N-dealkylation sites (N-methyl/N-ethyl adjacent to an activating group) is 1. The quantitative estimate of drug-likeness (QED) is 0.806. The van der Waals surface area contributed by atoms with E-state index in [1.165, 1.54) is 26.4 Å². The van der Waals surface area contributed by atoms with Gasteiger partial charge in [0.2, 0.25) is 5.91 Å². The summed E-state index contributed by atoms with van der Waals surface area (Å²) < 4.78 is 10.1. The molecule has 0 aliphatic heterocycles. The van der Waals surface area contributed by atoms with Gasteiger partial charge in [-0.2, -0.15) is 0 Å². The van der Waals surface area contributed by atoms with E-state index in [-0.39, 0.29) is 29.5 Å². The van der Waals surface area contributed by atoms with Crippen LogP contribution in [0.1, 0.15) is 10.4 Å². The average molecular weight is 282 g/mol. The number of hydrogen-bond acceptors (Lipinski definition) is 5. The summed E-state index contributed by atoms with van der Waals surface area (Å²) in [5.74, 6) is -0.844. The SMILES string of the molecule is COc1cc(NC(=O)CN(C)C)c(C(=O)O)cc1OC. The van der Waals surface area contributed by atoms with Crippen molar-refractivity contribution >= 4 is 17.6 Å². The van der Waals surface area contributed by atoms with Crippen molar-refractivity contribution in [2.75, 3.05) is 40.2 Å². The van der Waals surface area contributed by atoms with Crippen molar-refractivity contribution in [3.05, 3.63) is 17.7 Å². The lowest BCUT2D eigenvalue weighted by molar-refractivity contribution is -0.116. The van der Waals surface area contributed by atoms with Gasteiger partial charge in [0.25, 0.3) is 0 Å². The molecule has 0 aliphatic rings. The second-order valence-corrected chi connectivity index (χ2v) is 4.34. The van der Waals surface area contributed by atoms with Crippen LogP contribution in [-0.4, -0.2) is 56.7 Å². The van der Waals surface area contributed by atoms with Crippen LogP contribution >= 0.6 is 0 Å². The minimum absolute atomic E-state index is 0.0604. The molecule has 0 radical (unpaired) electrons. The van der Waals surface area contributed by atoms with Gasteiger partial charge in [-0.15, -0.1) is 0 Å². The molecule has 0 aromatic heterocycles. The zero-order chi connectivity index (χ0) is 15.3. The molecule has 1 aromatic rings. The maximum Gasteiger partial charge on any atom is 0.337 e. The van der Waals surface area contributed by atoms with Gasteiger partial charge in [-0.3, -0.25) is 4.79 Å². The van der Waals surface area contributed by atoms with Crippen molar-refractivity contribution in [3.63, 3.8) is 0 Å². The van der Waals surface area contributed by atoms with Crippen LogP contribution in [0.15, 0.2) is 12.1 Å². The van der Waals surface area contributed by atoms with Crippen LogP contribution in [0.5, 0.6) is 11.5 Å². The fraction of sp³-hybridized carbons (Fsp3) is 0.385. The van der Waals surface area contributed by atoms with Gasteiger partial charge in [0.1, 0.15) is 0 Å². The highest BCUT2D eigenvalue weighted by Gasteiger charge is 2.18. The first kappa shape index (κ1) is 15.8. The maximum absolute atomic E-state index is 11.7. The van der Waals surface area contributed by atoms with Crippen LogP contribution in [0.3, 0.4) is 0 Å². The molecule has 0 spiro atoms. The Bertz CT molecular complexity index is 514. The van der Waals surface area contributed by atoms with Crippen molar-refractivity contribution in [3.8, 4) is 11.5 Å². The highest BCUT2D eigenvalue weighted by molar-refractivity contribution is 6.02. The third kappa shape index (κ3) is 3.86. The van der Waals surface area contributed by atoms with Crippen LogP contribution < -0.4 is 14.8 Å². The summed E-state index contributed by atoms with van der Waals surface area (Å²) in [6.45, 7) is 0.146. The zero-order valence-electron chi connectivity index (χ0n) is 11.9. The molecule has 0 heterocycles. The Hall–Kier alpha value is -2.28. The van der Waals surface area contributed by atoms with Crippen LogP contribution in [-0.2, 0) is 4.79 Å². The molecule has 0 fully saturated rings. The molecule has 1 amide bonds. The van der Waals surface area contributed by atoms with E-state index >= 15 is 0 Å². The Morgan fingerprint density at radius 2 is 1.75 bits per heavy atom. The second-order valence-electron chi connectivity index (χ2n) is 4.34. The Morgan fingerprint density at radius 3 is 2.20 bits per heavy atom. The molecule has 1 rings (SSSR count). The third-order valence-electron chi connectivity index (χ3n) is 2.49. The van der Waals surface area contributed by atoms with E-state index in [4.69, 9.17) is 9.47 Å². The number of methoxy groups -OCH3 is 2. The first-order valence-electron chi connectivity index (χ1n) is 5.83. The third-order valence-corrected chi connectivity index (χ3v) is 2.49. The van der Waals surface area contributed by atoms with Gasteiger partial charge in [-0.1, -0.05) is 0 Å². The van der Waals surface area contributed by atoms with Gasteiger partial charge in [0.05, 0.1) is 32.0 Å². The number of carboxylic acids is 1. The summed E-state index contributed by atoms with van der Waals surface area (Å²) in [6.07, 6.45) is 0. The van der Waals surface area contributed by atoms with Gasteiger partial charge in [-0.05, 0) is 14.1 Å². The van der Waals surface area contributed by atoms with E-state index in [1.54, 1.807) is 19.0 Å². The molecule has 2 N–H and O–H groups in total. The summed E-state index contributed by atoms with van der Waals surface area (Å²) in [5, 5.41) is 11.7. The van der Waals surface area contributed by atoms with Crippen LogP contribution in [0.4, 0.5) is 5.69 Å². The minimum Gasteiger partial charge on any atom is -0.493 e. The number of amides is 1.